The molecule has 0 aromatic heterocycles. The molecule has 0 spiro atoms. The fraction of sp³-hybridized carbons (Fsp3) is 0.364. The van der Waals surface area contributed by atoms with Crippen LogP contribution in [0.2, 0.25) is 0 Å². The first-order valence-electron chi connectivity index (χ1n) is 4.32. The van der Waals surface area contributed by atoms with Crippen LogP contribution in [0.1, 0.15) is 35.7 Å². The van der Waals surface area contributed by atoms with Gasteiger partial charge >= 0.3 is 0 Å². The van der Waals surface area contributed by atoms with Crippen molar-refractivity contribution in [3.8, 4) is 5.75 Å². The van der Waals surface area contributed by atoms with Crippen molar-refractivity contribution in [2.24, 2.45) is 0 Å². The third-order valence-electron chi connectivity index (χ3n) is 2.02. The van der Waals surface area contributed by atoms with Gasteiger partial charge in [0.25, 0.3) is 0 Å². The molecular weight excluding hydrogens is 164 g/mol. The van der Waals surface area contributed by atoms with Gasteiger partial charge in [-0.2, -0.15) is 0 Å². The fourth-order valence-corrected chi connectivity index (χ4v) is 1.28. The van der Waals surface area contributed by atoms with Gasteiger partial charge in [-0.05, 0) is 17.5 Å². The van der Waals surface area contributed by atoms with E-state index in [1.165, 1.54) is 0 Å². The average Bonchev–Trinajstić information content (AvgIpc) is 2.16. The van der Waals surface area contributed by atoms with E-state index in [9.17, 15) is 4.79 Å². The molecule has 2 nitrogen and oxygen atoms in total. The molecule has 1 rings (SSSR count). The van der Waals surface area contributed by atoms with E-state index in [0.717, 1.165) is 17.6 Å². The van der Waals surface area contributed by atoms with Gasteiger partial charge in [0.15, 0.2) is 0 Å². The van der Waals surface area contributed by atoms with Gasteiger partial charge in [-0.3, -0.25) is 4.79 Å². The van der Waals surface area contributed by atoms with E-state index < -0.39 is 0 Å². The molecule has 0 aliphatic rings. The van der Waals surface area contributed by atoms with Crippen LogP contribution in [0.3, 0.4) is 0 Å². The van der Waals surface area contributed by atoms with Crippen LogP contribution in [0, 0.1) is 0 Å². The number of ether oxygens (including phenoxy) is 1. The van der Waals surface area contributed by atoms with Crippen LogP contribution in [-0.2, 0) is 0 Å². The zero-order valence-corrected chi connectivity index (χ0v) is 8.20. The number of benzene rings is 1. The lowest BCUT2D eigenvalue weighted by Gasteiger charge is -2.11. The van der Waals surface area contributed by atoms with Crippen molar-refractivity contribution >= 4 is 6.29 Å². The van der Waals surface area contributed by atoms with E-state index in [1.54, 1.807) is 13.2 Å². The second-order valence-electron chi connectivity index (χ2n) is 3.27. The van der Waals surface area contributed by atoms with Crippen LogP contribution in [0.15, 0.2) is 18.2 Å². The van der Waals surface area contributed by atoms with E-state index in [0.29, 0.717) is 11.5 Å². The number of hydrogen-bond donors (Lipinski definition) is 0. The minimum absolute atomic E-state index is 0.413. The quantitative estimate of drug-likeness (QED) is 0.665. The monoisotopic (exact) mass is 178 g/mol. The number of aldehydes is 1. The minimum Gasteiger partial charge on any atom is -0.496 e. The van der Waals surface area contributed by atoms with Crippen LogP contribution in [0.4, 0.5) is 0 Å². The van der Waals surface area contributed by atoms with Crippen LogP contribution < -0.4 is 4.74 Å². The number of carbonyl (C=O) groups is 1. The molecule has 0 unspecified atom stereocenters. The highest BCUT2D eigenvalue weighted by Gasteiger charge is 2.07. The molecule has 0 radical (unpaired) electrons. The van der Waals surface area contributed by atoms with Gasteiger partial charge < -0.3 is 4.74 Å². The Morgan fingerprint density at radius 2 is 2.08 bits per heavy atom. The zero-order chi connectivity index (χ0) is 9.84. The van der Waals surface area contributed by atoms with Crippen molar-refractivity contribution in [3.63, 3.8) is 0 Å². The Labute approximate surface area is 78.5 Å². The van der Waals surface area contributed by atoms with Crippen molar-refractivity contribution in [1.29, 1.82) is 0 Å². The van der Waals surface area contributed by atoms with Gasteiger partial charge in [-0.1, -0.05) is 26.0 Å². The molecule has 0 atom stereocenters. The summed E-state index contributed by atoms with van der Waals surface area (Å²) in [5.41, 5.74) is 1.79. The number of hydrogen-bond acceptors (Lipinski definition) is 2. The third-order valence-corrected chi connectivity index (χ3v) is 2.02. The molecule has 0 fully saturated rings. The van der Waals surface area contributed by atoms with Crippen LogP contribution >= 0.6 is 0 Å². The zero-order valence-electron chi connectivity index (χ0n) is 8.20. The molecule has 1 aromatic carbocycles. The van der Waals surface area contributed by atoms with Gasteiger partial charge in [0.1, 0.15) is 12.0 Å². The topological polar surface area (TPSA) is 26.3 Å². The Kier molecular flexibility index (Phi) is 3.07. The Balaban J connectivity index is 3.15. The van der Waals surface area contributed by atoms with Crippen LogP contribution in [-0.4, -0.2) is 13.4 Å². The number of rotatable bonds is 3. The summed E-state index contributed by atoms with van der Waals surface area (Å²) in [4.78, 5) is 10.5. The lowest BCUT2D eigenvalue weighted by Crippen LogP contribution is -1.95. The van der Waals surface area contributed by atoms with Gasteiger partial charge in [-0.25, -0.2) is 0 Å². The molecule has 2 heteroatoms. The second kappa shape index (κ2) is 4.08. The summed E-state index contributed by atoms with van der Waals surface area (Å²) < 4.78 is 5.19. The number of carbonyl (C=O) groups excluding carboxylic acids is 1. The lowest BCUT2D eigenvalue weighted by molar-refractivity contribution is 0.112. The summed E-state index contributed by atoms with van der Waals surface area (Å²) in [5.74, 6) is 1.20. The maximum atomic E-state index is 10.5. The molecule has 70 valence electrons. The molecule has 0 saturated heterocycles. The van der Waals surface area contributed by atoms with Crippen molar-refractivity contribution in [2.45, 2.75) is 19.8 Å². The molecule has 0 saturated carbocycles. The largest absolute Gasteiger partial charge is 0.496 e. The summed E-state index contributed by atoms with van der Waals surface area (Å²) in [6.07, 6.45) is 0.826. The second-order valence-corrected chi connectivity index (χ2v) is 3.27. The normalized spacial score (nSPS) is 10.2. The maximum Gasteiger partial charge on any atom is 0.150 e. The smallest absolute Gasteiger partial charge is 0.150 e. The third kappa shape index (κ3) is 2.08. The minimum atomic E-state index is 0.413. The Morgan fingerprint density at radius 3 is 2.54 bits per heavy atom. The van der Waals surface area contributed by atoms with E-state index in [1.807, 2.05) is 12.1 Å². The highest BCUT2D eigenvalue weighted by Crippen LogP contribution is 2.26. The van der Waals surface area contributed by atoms with Gasteiger partial charge in [0.2, 0.25) is 0 Å². The van der Waals surface area contributed by atoms with Crippen molar-refractivity contribution in [2.75, 3.05) is 7.11 Å². The van der Waals surface area contributed by atoms with Crippen molar-refractivity contribution in [3.05, 3.63) is 29.3 Å². The lowest BCUT2D eigenvalue weighted by atomic mass is 10.0. The Hall–Kier alpha value is -1.31. The molecule has 0 bridgehead atoms. The summed E-state index contributed by atoms with van der Waals surface area (Å²) in [5, 5.41) is 0. The molecule has 0 aliphatic carbocycles. The van der Waals surface area contributed by atoms with Gasteiger partial charge in [-0.15, -0.1) is 0 Å². The molecular formula is C11H14O2. The van der Waals surface area contributed by atoms with Crippen molar-refractivity contribution < 1.29 is 9.53 Å². The van der Waals surface area contributed by atoms with Crippen LogP contribution in [0.25, 0.3) is 0 Å². The predicted molar refractivity (Wildman–Crippen MR) is 52.5 cm³/mol. The average molecular weight is 178 g/mol. The molecule has 0 heterocycles. The van der Waals surface area contributed by atoms with Crippen LogP contribution in [0.5, 0.6) is 5.75 Å². The molecule has 0 amide bonds. The van der Waals surface area contributed by atoms with E-state index in [-0.39, 0.29) is 0 Å². The molecule has 0 aliphatic heterocycles. The summed E-state index contributed by atoms with van der Waals surface area (Å²) in [7, 11) is 1.62. The number of methoxy groups -OCH3 is 1. The predicted octanol–water partition coefficient (Wildman–Crippen LogP) is 2.63. The first-order chi connectivity index (χ1) is 6.19. The highest BCUT2D eigenvalue weighted by atomic mass is 16.5. The molecule has 13 heavy (non-hydrogen) atoms. The van der Waals surface area contributed by atoms with Crippen molar-refractivity contribution in [1.82, 2.24) is 0 Å². The van der Waals surface area contributed by atoms with E-state index in [2.05, 4.69) is 13.8 Å². The standard InChI is InChI=1S/C11H14O2/c1-8(2)10-5-4-9(7-12)6-11(10)13-3/h4-8H,1-3H3. The maximum absolute atomic E-state index is 10.5. The first kappa shape index (κ1) is 9.78. The SMILES string of the molecule is COc1cc(C=O)ccc1C(C)C. The van der Waals surface area contributed by atoms with E-state index in [4.69, 9.17) is 4.74 Å². The molecule has 1 aromatic rings. The summed E-state index contributed by atoms with van der Waals surface area (Å²) >= 11 is 0. The van der Waals surface area contributed by atoms with E-state index >= 15 is 0 Å². The molecule has 0 N–H and O–H groups in total. The summed E-state index contributed by atoms with van der Waals surface area (Å²) in [6.45, 7) is 4.19. The first-order valence-corrected chi connectivity index (χ1v) is 4.32. The fourth-order valence-electron chi connectivity index (χ4n) is 1.28. The highest BCUT2D eigenvalue weighted by molar-refractivity contribution is 5.76. The Bertz CT molecular complexity index is 303. The van der Waals surface area contributed by atoms with Gasteiger partial charge in [0.05, 0.1) is 7.11 Å². The van der Waals surface area contributed by atoms with Gasteiger partial charge in [0, 0.05) is 5.56 Å². The Morgan fingerprint density at radius 1 is 1.38 bits per heavy atom. The summed E-state index contributed by atoms with van der Waals surface area (Å²) in [6, 6.07) is 5.51.